The average molecular weight is 356 g/mol. The Morgan fingerprint density at radius 1 is 0.963 bits per heavy atom. The lowest BCUT2D eigenvalue weighted by molar-refractivity contribution is 0.0943. The Balaban J connectivity index is 1.82. The summed E-state index contributed by atoms with van der Waals surface area (Å²) in [5.41, 5.74) is 4.17. The number of imidazole rings is 1. The number of hydrogen-bond acceptors (Lipinski definition) is 3. The number of aromatic nitrogens is 3. The van der Waals surface area contributed by atoms with Gasteiger partial charge in [-0.15, -0.1) is 0 Å². The summed E-state index contributed by atoms with van der Waals surface area (Å²) in [6.45, 7) is 3.89. The van der Waals surface area contributed by atoms with Crippen LogP contribution in [0.4, 0.5) is 0 Å². The summed E-state index contributed by atoms with van der Waals surface area (Å²) in [6, 6.07) is 21.5. The monoisotopic (exact) mass is 356 g/mol. The van der Waals surface area contributed by atoms with E-state index in [9.17, 15) is 4.79 Å². The lowest BCUT2D eigenvalue weighted by Gasteiger charge is -2.11. The molecule has 0 aliphatic carbocycles. The van der Waals surface area contributed by atoms with Crippen LogP contribution in [0.15, 0.2) is 72.9 Å². The molecule has 2 aromatic heterocycles. The van der Waals surface area contributed by atoms with Crippen LogP contribution in [0.5, 0.6) is 0 Å². The zero-order valence-corrected chi connectivity index (χ0v) is 15.3. The van der Waals surface area contributed by atoms with Gasteiger partial charge in [-0.1, -0.05) is 30.3 Å². The van der Waals surface area contributed by atoms with Gasteiger partial charge in [0.05, 0.1) is 0 Å². The summed E-state index contributed by atoms with van der Waals surface area (Å²) in [7, 11) is 0. The normalized spacial score (nSPS) is 11.1. The second-order valence-electron chi connectivity index (χ2n) is 6.66. The fraction of sp³-hybridized carbons (Fsp3) is 0.136. The maximum Gasteiger partial charge on any atom is 0.251 e. The minimum atomic E-state index is -0.0755. The fourth-order valence-corrected chi connectivity index (χ4v) is 3.05. The van der Waals surface area contributed by atoms with Crippen LogP contribution in [0, 0.1) is 0 Å². The Hall–Kier alpha value is -3.47. The maximum atomic E-state index is 12.2. The van der Waals surface area contributed by atoms with Crippen LogP contribution >= 0.6 is 0 Å². The second-order valence-corrected chi connectivity index (χ2v) is 6.66. The molecular weight excluding hydrogens is 336 g/mol. The Labute approximate surface area is 157 Å². The Morgan fingerprint density at radius 2 is 1.70 bits per heavy atom. The van der Waals surface area contributed by atoms with Gasteiger partial charge in [0.1, 0.15) is 11.3 Å². The molecular formula is C22H20N4O. The third kappa shape index (κ3) is 3.31. The van der Waals surface area contributed by atoms with E-state index in [1.807, 2.05) is 85.1 Å². The molecule has 0 spiro atoms. The first-order valence-corrected chi connectivity index (χ1v) is 8.93. The topological polar surface area (TPSA) is 59.8 Å². The average Bonchev–Trinajstić information content (AvgIpc) is 3.08. The number of carbonyl (C=O) groups excluding carboxylic acids is 1. The minimum absolute atomic E-state index is 0.0755. The van der Waals surface area contributed by atoms with Gasteiger partial charge in [-0.2, -0.15) is 0 Å². The number of hydrogen-bond donors (Lipinski definition) is 1. The van der Waals surface area contributed by atoms with Crippen molar-refractivity contribution in [3.63, 3.8) is 0 Å². The van der Waals surface area contributed by atoms with Crippen LogP contribution < -0.4 is 5.32 Å². The van der Waals surface area contributed by atoms with Gasteiger partial charge in [0.2, 0.25) is 0 Å². The van der Waals surface area contributed by atoms with Crippen LogP contribution in [0.2, 0.25) is 0 Å². The predicted octanol–water partition coefficient (Wildman–Crippen LogP) is 4.23. The number of amides is 1. The number of carbonyl (C=O) groups is 1. The van der Waals surface area contributed by atoms with Crippen molar-refractivity contribution in [2.24, 2.45) is 0 Å². The Bertz CT molecular complexity index is 1080. The summed E-state index contributed by atoms with van der Waals surface area (Å²) in [6.07, 6.45) is 1.76. The van der Waals surface area contributed by atoms with Crippen molar-refractivity contribution in [1.82, 2.24) is 19.9 Å². The number of rotatable bonds is 4. The quantitative estimate of drug-likeness (QED) is 0.595. The number of pyridine rings is 1. The van der Waals surface area contributed by atoms with Gasteiger partial charge < -0.3 is 5.32 Å². The molecule has 4 aromatic rings. The first-order chi connectivity index (χ1) is 13.1. The molecule has 2 aromatic carbocycles. The van der Waals surface area contributed by atoms with Gasteiger partial charge in [-0.25, -0.2) is 9.97 Å². The molecule has 134 valence electrons. The molecule has 0 fully saturated rings. The van der Waals surface area contributed by atoms with Crippen LogP contribution in [0.25, 0.3) is 28.2 Å². The van der Waals surface area contributed by atoms with E-state index in [4.69, 9.17) is 4.98 Å². The van der Waals surface area contributed by atoms with Gasteiger partial charge in [0.15, 0.2) is 5.65 Å². The molecule has 0 bridgehead atoms. The highest BCUT2D eigenvalue weighted by atomic mass is 16.1. The first kappa shape index (κ1) is 17.0. The molecule has 5 nitrogen and oxygen atoms in total. The molecule has 0 atom stereocenters. The molecule has 5 heteroatoms. The molecule has 1 N–H and O–H groups in total. The zero-order chi connectivity index (χ0) is 18.8. The molecule has 0 saturated carbocycles. The third-order valence-corrected chi connectivity index (χ3v) is 4.26. The summed E-state index contributed by atoms with van der Waals surface area (Å²) in [5.74, 6) is 0.747. The highest BCUT2D eigenvalue weighted by Gasteiger charge is 2.15. The lowest BCUT2D eigenvalue weighted by atomic mass is 10.1. The van der Waals surface area contributed by atoms with Gasteiger partial charge in [-0.3, -0.25) is 9.36 Å². The number of fused-ring (bicyclic) bond motifs is 1. The summed E-state index contributed by atoms with van der Waals surface area (Å²) < 4.78 is 2.02. The maximum absolute atomic E-state index is 12.2. The fourth-order valence-electron chi connectivity index (χ4n) is 3.05. The Morgan fingerprint density at radius 3 is 2.41 bits per heavy atom. The molecule has 1 amide bonds. The van der Waals surface area contributed by atoms with Crippen LogP contribution in [0.3, 0.4) is 0 Å². The highest BCUT2D eigenvalue weighted by molar-refractivity contribution is 5.94. The van der Waals surface area contributed by atoms with Crippen molar-refractivity contribution in [2.45, 2.75) is 19.9 Å². The SMILES string of the molecule is CC(C)NC(=O)c1ccc(-n2c(-c3ccccc3)nc3cccnc32)cc1. The van der Waals surface area contributed by atoms with Crippen molar-refractivity contribution in [2.75, 3.05) is 0 Å². The molecule has 4 rings (SSSR count). The lowest BCUT2D eigenvalue weighted by Crippen LogP contribution is -2.29. The van der Waals surface area contributed by atoms with Gasteiger partial charge >= 0.3 is 0 Å². The van der Waals surface area contributed by atoms with Crippen molar-refractivity contribution in [3.8, 4) is 17.1 Å². The smallest absolute Gasteiger partial charge is 0.251 e. The molecule has 2 heterocycles. The van der Waals surface area contributed by atoms with Gasteiger partial charge in [-0.05, 0) is 50.2 Å². The number of nitrogens with one attached hydrogen (secondary N) is 1. The van der Waals surface area contributed by atoms with Crippen molar-refractivity contribution in [3.05, 3.63) is 78.5 Å². The van der Waals surface area contributed by atoms with E-state index in [1.165, 1.54) is 0 Å². The number of nitrogens with zero attached hydrogens (tertiary/aromatic N) is 3. The van der Waals surface area contributed by atoms with E-state index >= 15 is 0 Å². The van der Waals surface area contributed by atoms with E-state index in [-0.39, 0.29) is 11.9 Å². The third-order valence-electron chi connectivity index (χ3n) is 4.26. The van der Waals surface area contributed by atoms with E-state index in [1.54, 1.807) is 6.20 Å². The highest BCUT2D eigenvalue weighted by Crippen LogP contribution is 2.27. The molecule has 0 aliphatic rings. The van der Waals surface area contributed by atoms with E-state index in [0.717, 1.165) is 28.2 Å². The standard InChI is InChI=1S/C22H20N4O/c1-15(2)24-22(27)17-10-12-18(13-11-17)26-20(16-7-4-3-5-8-16)25-19-9-6-14-23-21(19)26/h3-15H,1-2H3,(H,24,27). The Kier molecular flexibility index (Phi) is 4.42. The van der Waals surface area contributed by atoms with Crippen molar-refractivity contribution >= 4 is 17.1 Å². The van der Waals surface area contributed by atoms with E-state index < -0.39 is 0 Å². The molecule has 0 saturated heterocycles. The van der Waals surface area contributed by atoms with Crippen LogP contribution in [-0.4, -0.2) is 26.5 Å². The molecule has 27 heavy (non-hydrogen) atoms. The van der Waals surface area contributed by atoms with Crippen molar-refractivity contribution < 1.29 is 4.79 Å². The van der Waals surface area contributed by atoms with E-state index in [2.05, 4.69) is 10.3 Å². The minimum Gasteiger partial charge on any atom is -0.350 e. The zero-order valence-electron chi connectivity index (χ0n) is 15.3. The largest absolute Gasteiger partial charge is 0.350 e. The van der Waals surface area contributed by atoms with Crippen LogP contribution in [0.1, 0.15) is 24.2 Å². The summed E-state index contributed by atoms with van der Waals surface area (Å²) >= 11 is 0. The molecule has 0 aliphatic heterocycles. The molecule has 0 radical (unpaired) electrons. The summed E-state index contributed by atoms with van der Waals surface area (Å²) in [4.78, 5) is 21.5. The molecule has 0 unspecified atom stereocenters. The van der Waals surface area contributed by atoms with Crippen molar-refractivity contribution in [1.29, 1.82) is 0 Å². The second kappa shape index (κ2) is 7.03. The number of benzene rings is 2. The van der Waals surface area contributed by atoms with Gasteiger partial charge in [0.25, 0.3) is 5.91 Å². The first-order valence-electron chi connectivity index (χ1n) is 8.93. The summed E-state index contributed by atoms with van der Waals surface area (Å²) in [5, 5.41) is 2.91. The van der Waals surface area contributed by atoms with Crippen LogP contribution in [-0.2, 0) is 0 Å². The van der Waals surface area contributed by atoms with E-state index in [0.29, 0.717) is 5.56 Å². The predicted molar refractivity (Wildman–Crippen MR) is 107 cm³/mol. The van der Waals surface area contributed by atoms with Gasteiger partial charge in [0, 0.05) is 29.1 Å².